The normalized spacial score (nSPS) is 25.3. The van der Waals surface area contributed by atoms with E-state index in [1.54, 1.807) is 0 Å². The monoisotopic (exact) mass is 210 g/mol. The molecule has 1 rings (SSSR count). The fourth-order valence-electron chi connectivity index (χ4n) is 1.95. The van der Waals surface area contributed by atoms with Crippen molar-refractivity contribution in [1.29, 1.82) is 0 Å². The van der Waals surface area contributed by atoms with E-state index < -0.39 is 11.8 Å². The highest BCUT2D eigenvalue weighted by Crippen LogP contribution is 2.29. The third-order valence-corrected chi connectivity index (χ3v) is 2.73. The molecule has 0 amide bonds. The molecule has 4 nitrogen and oxygen atoms in total. The second-order valence-corrected chi connectivity index (χ2v) is 4.04. The van der Waals surface area contributed by atoms with Gasteiger partial charge in [0.1, 0.15) is 11.6 Å². The van der Waals surface area contributed by atoms with Gasteiger partial charge in [-0.2, -0.15) is 0 Å². The zero-order valence-electron chi connectivity index (χ0n) is 8.91. The van der Waals surface area contributed by atoms with E-state index in [2.05, 4.69) is 0 Å². The van der Waals surface area contributed by atoms with Gasteiger partial charge in [-0.05, 0) is 26.7 Å². The molecule has 0 bridgehead atoms. The first-order valence-electron chi connectivity index (χ1n) is 4.99. The largest absolute Gasteiger partial charge is 0.300 e. The van der Waals surface area contributed by atoms with Crippen LogP contribution in [-0.2, 0) is 19.2 Å². The van der Waals surface area contributed by atoms with Crippen LogP contribution >= 0.6 is 0 Å². The van der Waals surface area contributed by atoms with Crippen LogP contribution in [0.1, 0.15) is 33.1 Å². The van der Waals surface area contributed by atoms with Crippen molar-refractivity contribution in [3.05, 3.63) is 0 Å². The minimum absolute atomic E-state index is 0.182. The van der Waals surface area contributed by atoms with Crippen molar-refractivity contribution in [3.8, 4) is 0 Å². The van der Waals surface area contributed by atoms with Crippen LogP contribution in [0.2, 0.25) is 0 Å². The third kappa shape index (κ3) is 2.58. The summed E-state index contributed by atoms with van der Waals surface area (Å²) in [6.07, 6.45) is 0.665. The third-order valence-electron chi connectivity index (χ3n) is 2.73. The van der Waals surface area contributed by atoms with E-state index >= 15 is 0 Å². The van der Waals surface area contributed by atoms with Gasteiger partial charge in [0, 0.05) is 0 Å². The van der Waals surface area contributed by atoms with E-state index in [9.17, 15) is 19.2 Å². The Labute approximate surface area is 88.0 Å². The Balaban J connectivity index is 2.67. The van der Waals surface area contributed by atoms with E-state index in [-0.39, 0.29) is 29.6 Å². The highest BCUT2D eigenvalue weighted by molar-refractivity contribution is 6.15. The average molecular weight is 210 g/mol. The molecule has 0 radical (unpaired) electrons. The van der Waals surface area contributed by atoms with Crippen molar-refractivity contribution in [2.75, 3.05) is 0 Å². The van der Waals surface area contributed by atoms with Crippen LogP contribution in [0.5, 0.6) is 0 Å². The summed E-state index contributed by atoms with van der Waals surface area (Å²) in [5.41, 5.74) is 0. The standard InChI is InChI=1S/C11H14O4/c1-6(12)5-10(14)9-4-3-8(7(2)13)11(9)15/h8-9H,3-5H2,1-2H3. The second kappa shape index (κ2) is 4.47. The summed E-state index contributed by atoms with van der Waals surface area (Å²) in [6.45, 7) is 2.68. The molecule has 15 heavy (non-hydrogen) atoms. The van der Waals surface area contributed by atoms with Crippen LogP contribution in [0.15, 0.2) is 0 Å². The summed E-state index contributed by atoms with van der Waals surface area (Å²) in [7, 11) is 0. The van der Waals surface area contributed by atoms with Crippen molar-refractivity contribution in [2.45, 2.75) is 33.1 Å². The summed E-state index contributed by atoms with van der Waals surface area (Å²) in [5, 5.41) is 0. The summed E-state index contributed by atoms with van der Waals surface area (Å²) < 4.78 is 0. The van der Waals surface area contributed by atoms with E-state index in [1.165, 1.54) is 13.8 Å². The van der Waals surface area contributed by atoms with Crippen molar-refractivity contribution in [3.63, 3.8) is 0 Å². The molecule has 1 aliphatic carbocycles. The van der Waals surface area contributed by atoms with E-state index in [1.807, 2.05) is 0 Å². The highest BCUT2D eigenvalue weighted by Gasteiger charge is 2.40. The molecule has 2 unspecified atom stereocenters. The fraction of sp³-hybridized carbons (Fsp3) is 0.636. The molecule has 1 fully saturated rings. The summed E-state index contributed by atoms with van der Waals surface area (Å²) >= 11 is 0. The molecule has 0 heterocycles. The van der Waals surface area contributed by atoms with E-state index in [0.29, 0.717) is 12.8 Å². The molecule has 0 aromatic carbocycles. The van der Waals surface area contributed by atoms with Gasteiger partial charge in [-0.1, -0.05) is 0 Å². The molecule has 0 spiro atoms. The van der Waals surface area contributed by atoms with E-state index in [0.717, 1.165) is 0 Å². The Hall–Kier alpha value is -1.32. The maximum atomic E-state index is 11.6. The number of Topliss-reactive ketones (excluding diaryl/α,β-unsaturated/α-hetero) is 4. The number of carbonyl (C=O) groups excluding carboxylic acids is 4. The maximum absolute atomic E-state index is 11.6. The molecule has 0 aromatic rings. The zero-order chi connectivity index (χ0) is 11.6. The maximum Gasteiger partial charge on any atom is 0.153 e. The topological polar surface area (TPSA) is 68.3 Å². The molecule has 2 atom stereocenters. The van der Waals surface area contributed by atoms with Crippen LogP contribution in [0, 0.1) is 11.8 Å². The van der Waals surface area contributed by atoms with Crippen LogP contribution in [-0.4, -0.2) is 23.1 Å². The molecule has 4 heteroatoms. The number of hydrogen-bond acceptors (Lipinski definition) is 4. The van der Waals surface area contributed by atoms with Crippen molar-refractivity contribution < 1.29 is 19.2 Å². The minimum atomic E-state index is -0.720. The van der Waals surface area contributed by atoms with Gasteiger partial charge in [0.25, 0.3) is 0 Å². The van der Waals surface area contributed by atoms with Crippen LogP contribution in [0.4, 0.5) is 0 Å². The predicted octanol–water partition coefficient (Wildman–Crippen LogP) is 0.719. The molecular formula is C11H14O4. The van der Waals surface area contributed by atoms with Gasteiger partial charge in [0.05, 0.1) is 18.3 Å². The Morgan fingerprint density at radius 3 is 2.07 bits per heavy atom. The molecule has 1 saturated carbocycles. The second-order valence-electron chi connectivity index (χ2n) is 4.04. The number of rotatable bonds is 4. The Kier molecular flexibility index (Phi) is 3.50. The van der Waals surface area contributed by atoms with Crippen LogP contribution in [0.3, 0.4) is 0 Å². The first-order valence-corrected chi connectivity index (χ1v) is 4.99. The average Bonchev–Trinajstić information content (AvgIpc) is 2.45. The number of ketones is 4. The van der Waals surface area contributed by atoms with Gasteiger partial charge in [-0.3, -0.25) is 19.2 Å². The number of hydrogen-bond donors (Lipinski definition) is 0. The van der Waals surface area contributed by atoms with Crippen LogP contribution < -0.4 is 0 Å². The molecule has 0 aromatic heterocycles. The van der Waals surface area contributed by atoms with Gasteiger partial charge in [0.2, 0.25) is 0 Å². The Morgan fingerprint density at radius 2 is 1.67 bits per heavy atom. The SMILES string of the molecule is CC(=O)CC(=O)C1CCC(C(C)=O)C1=O. The Bertz CT molecular complexity index is 329. The van der Waals surface area contributed by atoms with Crippen molar-refractivity contribution in [2.24, 2.45) is 11.8 Å². The van der Waals surface area contributed by atoms with Gasteiger partial charge < -0.3 is 0 Å². The molecular weight excluding hydrogens is 196 g/mol. The lowest BCUT2D eigenvalue weighted by Gasteiger charge is -2.06. The molecule has 82 valence electrons. The molecule has 0 aliphatic heterocycles. The first kappa shape index (κ1) is 11.8. The van der Waals surface area contributed by atoms with Crippen LogP contribution in [0.25, 0.3) is 0 Å². The van der Waals surface area contributed by atoms with Gasteiger partial charge in [-0.25, -0.2) is 0 Å². The first-order chi connectivity index (χ1) is 6.93. The van der Waals surface area contributed by atoms with Gasteiger partial charge in [0.15, 0.2) is 11.6 Å². The zero-order valence-corrected chi connectivity index (χ0v) is 8.91. The lowest BCUT2D eigenvalue weighted by molar-refractivity contribution is -0.135. The summed E-state index contributed by atoms with van der Waals surface area (Å²) in [5.74, 6) is -2.39. The summed E-state index contributed by atoms with van der Waals surface area (Å²) in [4.78, 5) is 44.9. The number of carbonyl (C=O) groups is 4. The molecule has 0 saturated heterocycles. The lowest BCUT2D eigenvalue weighted by Crippen LogP contribution is -2.26. The highest BCUT2D eigenvalue weighted by atomic mass is 16.2. The van der Waals surface area contributed by atoms with Gasteiger partial charge in [-0.15, -0.1) is 0 Å². The van der Waals surface area contributed by atoms with Crippen molar-refractivity contribution >= 4 is 23.1 Å². The van der Waals surface area contributed by atoms with Gasteiger partial charge >= 0.3 is 0 Å². The lowest BCUT2D eigenvalue weighted by atomic mass is 9.94. The fourth-order valence-corrected chi connectivity index (χ4v) is 1.95. The molecule has 1 aliphatic rings. The smallest absolute Gasteiger partial charge is 0.153 e. The van der Waals surface area contributed by atoms with Crippen molar-refractivity contribution in [1.82, 2.24) is 0 Å². The molecule has 0 N–H and O–H groups in total. The summed E-state index contributed by atoms with van der Waals surface area (Å²) in [6, 6.07) is 0. The predicted molar refractivity (Wildman–Crippen MR) is 52.2 cm³/mol. The van der Waals surface area contributed by atoms with E-state index in [4.69, 9.17) is 0 Å². The minimum Gasteiger partial charge on any atom is -0.300 e. The quantitative estimate of drug-likeness (QED) is 0.641. The Morgan fingerprint density at radius 1 is 1.13 bits per heavy atom.